The third kappa shape index (κ3) is 3.78. The van der Waals surface area contributed by atoms with Gasteiger partial charge in [-0.2, -0.15) is 24.1 Å². The van der Waals surface area contributed by atoms with Gasteiger partial charge in [0.15, 0.2) is 0 Å². The molecule has 0 saturated carbocycles. The second-order valence-electron chi connectivity index (χ2n) is 6.64. The number of alkyl halides is 3. The van der Waals surface area contributed by atoms with Gasteiger partial charge in [-0.05, 0) is 47.9 Å². The molecule has 0 radical (unpaired) electrons. The first-order valence-electron chi connectivity index (χ1n) is 8.58. The fourth-order valence-electron chi connectivity index (χ4n) is 3.11. The van der Waals surface area contributed by atoms with E-state index in [1.165, 1.54) is 10.5 Å². The van der Waals surface area contributed by atoms with Gasteiger partial charge in [0.1, 0.15) is 0 Å². The van der Waals surface area contributed by atoms with E-state index in [0.29, 0.717) is 5.75 Å². The van der Waals surface area contributed by atoms with Gasteiger partial charge in [-0.25, -0.2) is 0 Å². The number of benzene rings is 3. The lowest BCUT2D eigenvalue weighted by Gasteiger charge is -2.15. The molecule has 1 unspecified atom stereocenters. The van der Waals surface area contributed by atoms with Gasteiger partial charge in [-0.1, -0.05) is 48.0 Å². The van der Waals surface area contributed by atoms with Crippen LogP contribution in [-0.4, -0.2) is 5.55 Å². The summed E-state index contributed by atoms with van der Waals surface area (Å²) in [5.74, 6) is 0.702. The molecule has 27 heavy (non-hydrogen) atoms. The number of rotatable bonds is 3. The number of aliphatic imine (C=N–C) groups is 1. The third-order valence-corrected chi connectivity index (χ3v) is 6.74. The Morgan fingerprint density at radius 2 is 1.52 bits per heavy atom. The number of hydrogen-bond donors (Lipinski definition) is 1. The van der Waals surface area contributed by atoms with Crippen molar-refractivity contribution >= 4 is 22.1 Å². The summed E-state index contributed by atoms with van der Waals surface area (Å²) in [5.41, 5.74) is 6.70. The molecule has 3 aromatic rings. The standard InChI is InChI=1S/C22H18F3NS/c1-15-2-6-17(7-3-15)18-8-11-21-20(12-18)26-14-27(21)13-16-4-9-19(10-5-16)22(23,24)25/h2-12,14,27H,13H2,1H3. The van der Waals surface area contributed by atoms with Crippen molar-refractivity contribution in [1.29, 1.82) is 0 Å². The van der Waals surface area contributed by atoms with Crippen LogP contribution in [0.2, 0.25) is 0 Å². The number of thiol groups is 1. The zero-order chi connectivity index (χ0) is 19.0. The normalized spacial score (nSPS) is 17.1. The van der Waals surface area contributed by atoms with Crippen molar-refractivity contribution in [3.05, 3.63) is 83.4 Å². The zero-order valence-electron chi connectivity index (χ0n) is 14.7. The quantitative estimate of drug-likeness (QED) is 0.470. The van der Waals surface area contributed by atoms with Crippen LogP contribution in [0.5, 0.6) is 0 Å². The lowest BCUT2D eigenvalue weighted by molar-refractivity contribution is -0.137. The minimum Gasteiger partial charge on any atom is -0.250 e. The molecule has 0 spiro atoms. The molecule has 4 rings (SSSR count). The minimum absolute atomic E-state index is 0.609. The maximum Gasteiger partial charge on any atom is 0.416 e. The van der Waals surface area contributed by atoms with Crippen LogP contribution in [0.15, 0.2) is 76.6 Å². The molecule has 0 bridgehead atoms. The second-order valence-corrected chi connectivity index (χ2v) is 8.61. The molecule has 0 aliphatic carbocycles. The summed E-state index contributed by atoms with van der Waals surface area (Å²) in [6.45, 7) is 2.06. The maximum atomic E-state index is 12.7. The Balaban J connectivity index is 1.54. The molecule has 1 aliphatic rings. The lowest BCUT2D eigenvalue weighted by atomic mass is 10.0. The Bertz CT molecular complexity index is 990. The molecule has 0 fully saturated rings. The van der Waals surface area contributed by atoms with Crippen molar-refractivity contribution in [2.75, 3.05) is 0 Å². The van der Waals surface area contributed by atoms with Crippen LogP contribution in [0.25, 0.3) is 11.1 Å². The molecule has 0 aromatic heterocycles. The number of hydrogen-bond acceptors (Lipinski definition) is 1. The molecule has 1 aliphatic heterocycles. The minimum atomic E-state index is -4.29. The van der Waals surface area contributed by atoms with Crippen molar-refractivity contribution < 1.29 is 13.2 Å². The van der Waals surface area contributed by atoms with Gasteiger partial charge in [-0.3, -0.25) is 4.99 Å². The first-order valence-corrected chi connectivity index (χ1v) is 10.2. The van der Waals surface area contributed by atoms with E-state index in [2.05, 4.69) is 54.4 Å². The van der Waals surface area contributed by atoms with Gasteiger partial charge in [0.2, 0.25) is 0 Å². The fourth-order valence-corrected chi connectivity index (χ4v) is 5.04. The van der Waals surface area contributed by atoms with E-state index >= 15 is 0 Å². The van der Waals surface area contributed by atoms with E-state index in [9.17, 15) is 13.2 Å². The molecule has 138 valence electrons. The van der Waals surface area contributed by atoms with Crippen LogP contribution in [0.4, 0.5) is 18.9 Å². The Kier molecular flexibility index (Phi) is 4.56. The molecular formula is C22H18F3NS. The molecule has 1 atom stereocenters. The van der Waals surface area contributed by atoms with E-state index < -0.39 is 22.6 Å². The van der Waals surface area contributed by atoms with Crippen LogP contribution < -0.4 is 0 Å². The van der Waals surface area contributed by atoms with Crippen molar-refractivity contribution in [2.24, 2.45) is 4.99 Å². The molecule has 0 amide bonds. The third-order valence-electron chi connectivity index (χ3n) is 4.64. The van der Waals surface area contributed by atoms with E-state index in [-0.39, 0.29) is 0 Å². The van der Waals surface area contributed by atoms with Gasteiger partial charge >= 0.3 is 6.18 Å². The number of halogens is 3. The number of fused-ring (bicyclic) bond motifs is 1. The highest BCUT2D eigenvalue weighted by molar-refractivity contribution is 8.28. The fraction of sp³-hybridized carbons (Fsp3) is 0.136. The molecule has 5 heteroatoms. The largest absolute Gasteiger partial charge is 0.416 e. The van der Waals surface area contributed by atoms with Crippen molar-refractivity contribution in [3.8, 4) is 11.1 Å². The summed E-state index contributed by atoms with van der Waals surface area (Å²) in [4.78, 5) is 5.74. The van der Waals surface area contributed by atoms with Gasteiger partial charge in [0.05, 0.1) is 11.3 Å². The second kappa shape index (κ2) is 6.89. The molecule has 0 saturated heterocycles. The van der Waals surface area contributed by atoms with Crippen molar-refractivity contribution in [2.45, 2.75) is 23.7 Å². The van der Waals surface area contributed by atoms with Crippen molar-refractivity contribution in [3.63, 3.8) is 0 Å². The van der Waals surface area contributed by atoms with Gasteiger partial charge in [0.25, 0.3) is 0 Å². The summed E-state index contributed by atoms with van der Waals surface area (Å²) in [5, 5.41) is 0. The monoisotopic (exact) mass is 385 g/mol. The maximum absolute atomic E-state index is 12.7. The molecule has 1 nitrogen and oxygen atoms in total. The Morgan fingerprint density at radius 3 is 2.19 bits per heavy atom. The average molecular weight is 385 g/mol. The van der Waals surface area contributed by atoms with Crippen LogP contribution in [0.1, 0.15) is 16.7 Å². The highest BCUT2D eigenvalue weighted by Gasteiger charge is 2.30. The summed E-state index contributed by atoms with van der Waals surface area (Å²) < 4.78 is 38.1. The predicted molar refractivity (Wildman–Crippen MR) is 107 cm³/mol. The summed E-state index contributed by atoms with van der Waals surface area (Å²) in [7, 11) is -0.634. The highest BCUT2D eigenvalue weighted by Crippen LogP contribution is 2.49. The van der Waals surface area contributed by atoms with Crippen LogP contribution in [0, 0.1) is 6.92 Å². The zero-order valence-corrected chi connectivity index (χ0v) is 15.6. The summed E-state index contributed by atoms with van der Waals surface area (Å²) in [6, 6.07) is 20.1. The molecule has 0 N–H and O–H groups in total. The molecular weight excluding hydrogens is 367 g/mol. The lowest BCUT2D eigenvalue weighted by Crippen LogP contribution is -2.04. The van der Waals surface area contributed by atoms with E-state index in [0.717, 1.165) is 34.5 Å². The Labute approximate surface area is 158 Å². The van der Waals surface area contributed by atoms with Gasteiger partial charge in [-0.15, -0.1) is 0 Å². The van der Waals surface area contributed by atoms with E-state index in [1.54, 1.807) is 12.1 Å². The van der Waals surface area contributed by atoms with Crippen LogP contribution in [-0.2, 0) is 11.9 Å². The first-order chi connectivity index (χ1) is 12.9. The smallest absolute Gasteiger partial charge is 0.250 e. The number of nitrogens with zero attached hydrogens (tertiary/aromatic N) is 1. The van der Waals surface area contributed by atoms with E-state index in [1.807, 2.05) is 5.55 Å². The molecule has 3 aromatic carbocycles. The predicted octanol–water partition coefficient (Wildman–Crippen LogP) is 6.91. The van der Waals surface area contributed by atoms with Gasteiger partial charge in [0, 0.05) is 16.2 Å². The summed E-state index contributed by atoms with van der Waals surface area (Å²) >= 11 is 0. The Morgan fingerprint density at radius 1 is 0.852 bits per heavy atom. The first kappa shape index (κ1) is 17.9. The van der Waals surface area contributed by atoms with E-state index in [4.69, 9.17) is 0 Å². The topological polar surface area (TPSA) is 12.4 Å². The van der Waals surface area contributed by atoms with Gasteiger partial charge < -0.3 is 0 Å². The SMILES string of the molecule is Cc1ccc(-c2ccc3c(c2)N=C[SH]3Cc2ccc(C(F)(F)F)cc2)cc1. The molecule has 1 heterocycles. The van der Waals surface area contributed by atoms with Crippen LogP contribution >= 0.6 is 10.9 Å². The highest BCUT2D eigenvalue weighted by atomic mass is 32.2. The Hall–Kier alpha value is -2.53. The van der Waals surface area contributed by atoms with Crippen LogP contribution in [0.3, 0.4) is 0 Å². The number of aryl methyl sites for hydroxylation is 1. The average Bonchev–Trinajstić information content (AvgIpc) is 3.04. The summed E-state index contributed by atoms with van der Waals surface area (Å²) in [6.07, 6.45) is -4.29. The van der Waals surface area contributed by atoms with Crippen molar-refractivity contribution in [1.82, 2.24) is 0 Å².